The Morgan fingerprint density at radius 2 is 1.73 bits per heavy atom. The summed E-state index contributed by atoms with van der Waals surface area (Å²) in [7, 11) is 0. The van der Waals surface area contributed by atoms with Gasteiger partial charge in [-0.3, -0.25) is 9.59 Å². The molecule has 0 spiro atoms. The van der Waals surface area contributed by atoms with Crippen molar-refractivity contribution >= 4 is 23.2 Å². The molecule has 2 saturated carbocycles. The highest BCUT2D eigenvalue weighted by Gasteiger charge is 2.62. The Hall–Kier alpha value is -2.13. The van der Waals surface area contributed by atoms with Crippen LogP contribution in [0.3, 0.4) is 0 Å². The van der Waals surface area contributed by atoms with Crippen molar-refractivity contribution in [1.29, 1.82) is 0 Å². The van der Waals surface area contributed by atoms with Gasteiger partial charge >= 0.3 is 0 Å². The summed E-state index contributed by atoms with van der Waals surface area (Å²) in [5.41, 5.74) is 1.09. The van der Waals surface area contributed by atoms with Gasteiger partial charge in [0.05, 0.1) is 0 Å². The van der Waals surface area contributed by atoms with E-state index in [1.807, 2.05) is 0 Å². The number of carbonyl (C=O) groups excluding carboxylic acids is 2. The van der Waals surface area contributed by atoms with Crippen LogP contribution in [-0.4, -0.2) is 11.6 Å². The molecule has 0 saturated heterocycles. The van der Waals surface area contributed by atoms with E-state index in [0.717, 1.165) is 19.3 Å². The van der Waals surface area contributed by atoms with Gasteiger partial charge in [0.2, 0.25) is 0 Å². The van der Waals surface area contributed by atoms with Gasteiger partial charge < -0.3 is 4.74 Å². The average Bonchev–Trinajstić information content (AvgIpc) is 3.15. The molecule has 4 unspecified atom stereocenters. The lowest BCUT2D eigenvalue weighted by Crippen LogP contribution is -2.43. The molecule has 2 aromatic carbocycles. The normalized spacial score (nSPS) is 31.7. The van der Waals surface area contributed by atoms with Gasteiger partial charge in [-0.15, -0.1) is 0 Å². The third-order valence-corrected chi connectivity index (χ3v) is 6.84. The van der Waals surface area contributed by atoms with Gasteiger partial charge in [0, 0.05) is 28.0 Å². The maximum Gasteiger partial charge on any atom is 0.167 e. The first-order chi connectivity index (χ1) is 12.5. The molecule has 0 radical (unpaired) electrons. The van der Waals surface area contributed by atoms with Crippen LogP contribution in [0, 0.1) is 23.2 Å². The maximum absolute atomic E-state index is 13.2. The number of halogens is 1. The summed E-state index contributed by atoms with van der Waals surface area (Å²) in [4.78, 5) is 26.3. The predicted octanol–water partition coefficient (Wildman–Crippen LogP) is 5.56. The molecule has 3 aliphatic rings. The topological polar surface area (TPSA) is 43.4 Å². The Balaban J connectivity index is 1.52. The third-order valence-electron chi connectivity index (χ3n) is 6.59. The lowest BCUT2D eigenvalue weighted by molar-refractivity contribution is 0.0572. The van der Waals surface area contributed by atoms with Crippen LogP contribution in [0.25, 0.3) is 0 Å². The molecule has 5 rings (SSSR count). The van der Waals surface area contributed by atoms with Crippen molar-refractivity contribution in [2.45, 2.75) is 26.2 Å². The van der Waals surface area contributed by atoms with Crippen molar-refractivity contribution in [1.82, 2.24) is 0 Å². The Morgan fingerprint density at radius 3 is 2.50 bits per heavy atom. The fourth-order valence-corrected chi connectivity index (χ4v) is 5.58. The Morgan fingerprint density at radius 1 is 1.00 bits per heavy atom. The summed E-state index contributed by atoms with van der Waals surface area (Å²) >= 11 is 5.90. The van der Waals surface area contributed by atoms with Gasteiger partial charge in [-0.25, -0.2) is 0 Å². The molecule has 4 atom stereocenters. The lowest BCUT2D eigenvalue weighted by atomic mass is 9.63. The number of Topliss-reactive ketones (excluding diaryl/α,β-unsaturated/α-hetero) is 2. The van der Waals surface area contributed by atoms with E-state index in [2.05, 4.69) is 6.92 Å². The number of ketones is 2. The number of hydrogen-bond acceptors (Lipinski definition) is 3. The van der Waals surface area contributed by atoms with Gasteiger partial charge in [0.25, 0.3) is 0 Å². The van der Waals surface area contributed by atoms with Crippen molar-refractivity contribution in [3.8, 4) is 11.5 Å². The molecular weight excluding hydrogens is 348 g/mol. The molecule has 26 heavy (non-hydrogen) atoms. The first-order valence-electron chi connectivity index (χ1n) is 9.12. The van der Waals surface area contributed by atoms with Gasteiger partial charge in [-0.05, 0) is 73.1 Å². The summed E-state index contributed by atoms with van der Waals surface area (Å²) in [5, 5.41) is 0.638. The van der Waals surface area contributed by atoms with Crippen molar-refractivity contribution < 1.29 is 14.3 Å². The van der Waals surface area contributed by atoms with Crippen molar-refractivity contribution in [3.05, 3.63) is 58.6 Å². The second kappa shape index (κ2) is 5.43. The number of hydrogen-bond donors (Lipinski definition) is 0. The first-order valence-corrected chi connectivity index (χ1v) is 9.50. The zero-order chi connectivity index (χ0) is 18.1. The van der Waals surface area contributed by atoms with E-state index in [-0.39, 0.29) is 28.8 Å². The molecule has 4 heteroatoms. The minimum absolute atomic E-state index is 0.00174. The van der Waals surface area contributed by atoms with Gasteiger partial charge in [0.1, 0.15) is 11.5 Å². The Kier molecular flexibility index (Phi) is 3.36. The quantitative estimate of drug-likeness (QED) is 0.698. The molecule has 3 nitrogen and oxygen atoms in total. The minimum atomic E-state index is -0.139. The number of benzene rings is 2. The van der Waals surface area contributed by atoms with Crippen LogP contribution >= 0.6 is 11.6 Å². The Labute approximate surface area is 157 Å². The minimum Gasteiger partial charge on any atom is -0.457 e. The van der Waals surface area contributed by atoms with Crippen molar-refractivity contribution in [2.75, 3.05) is 0 Å². The Bertz CT molecular complexity index is 933. The number of carbonyl (C=O) groups is 2. The number of fused-ring (bicyclic) bond motifs is 6. The lowest BCUT2D eigenvalue weighted by Gasteiger charge is -2.38. The molecule has 2 fully saturated rings. The van der Waals surface area contributed by atoms with Crippen molar-refractivity contribution in [2.24, 2.45) is 23.2 Å². The van der Waals surface area contributed by atoms with E-state index >= 15 is 0 Å². The largest absolute Gasteiger partial charge is 0.457 e. The molecule has 0 aromatic heterocycles. The van der Waals surface area contributed by atoms with E-state index in [1.54, 1.807) is 42.5 Å². The molecule has 0 amide bonds. The molecule has 3 aliphatic carbocycles. The third kappa shape index (κ3) is 2.20. The molecule has 2 bridgehead atoms. The van der Waals surface area contributed by atoms with Crippen LogP contribution in [0.15, 0.2) is 42.5 Å². The van der Waals surface area contributed by atoms with Gasteiger partial charge in [0.15, 0.2) is 11.6 Å². The second-order valence-corrected chi connectivity index (χ2v) is 8.59. The standard InChI is InChI=1S/C22H19ClO3/c1-22-9-8-12(11-22)18-19(22)21(25)16-7-6-15(10-17(16)20(18)24)26-14-4-2-13(23)3-5-14/h2-7,10,12,18-19H,8-9,11H2,1H3. The second-order valence-electron chi connectivity index (χ2n) is 8.15. The van der Waals surface area contributed by atoms with Crippen LogP contribution < -0.4 is 4.74 Å². The van der Waals surface area contributed by atoms with E-state index in [9.17, 15) is 9.59 Å². The molecule has 0 N–H and O–H groups in total. The smallest absolute Gasteiger partial charge is 0.167 e. The van der Waals surface area contributed by atoms with Gasteiger partial charge in [-0.2, -0.15) is 0 Å². The first kappa shape index (κ1) is 16.1. The van der Waals surface area contributed by atoms with E-state index in [0.29, 0.717) is 33.6 Å². The summed E-state index contributed by atoms with van der Waals surface area (Å²) in [5.74, 6) is 1.57. The summed E-state index contributed by atoms with van der Waals surface area (Å²) in [6.45, 7) is 2.19. The summed E-state index contributed by atoms with van der Waals surface area (Å²) < 4.78 is 5.85. The SMILES string of the molecule is CC12CCC(C1)C1C(=O)c3cc(Oc4ccc(Cl)cc4)ccc3C(=O)C12. The molecule has 2 aromatic rings. The molecule has 0 heterocycles. The van der Waals surface area contributed by atoms with Crippen LogP contribution in [0.1, 0.15) is 46.9 Å². The van der Waals surface area contributed by atoms with E-state index in [1.165, 1.54) is 0 Å². The van der Waals surface area contributed by atoms with E-state index < -0.39 is 0 Å². The molecular formula is C22H19ClO3. The summed E-state index contributed by atoms with van der Waals surface area (Å²) in [6, 6.07) is 12.3. The molecule has 132 valence electrons. The number of rotatable bonds is 2. The fraction of sp³-hybridized carbons (Fsp3) is 0.364. The van der Waals surface area contributed by atoms with E-state index in [4.69, 9.17) is 16.3 Å². The van der Waals surface area contributed by atoms with Crippen LogP contribution in [0.4, 0.5) is 0 Å². The summed E-state index contributed by atoms with van der Waals surface area (Å²) in [6.07, 6.45) is 3.12. The number of ether oxygens (including phenoxy) is 1. The zero-order valence-electron chi connectivity index (χ0n) is 14.5. The van der Waals surface area contributed by atoms with Gasteiger partial charge in [-0.1, -0.05) is 18.5 Å². The highest BCUT2D eigenvalue weighted by Crippen LogP contribution is 2.63. The highest BCUT2D eigenvalue weighted by atomic mass is 35.5. The zero-order valence-corrected chi connectivity index (χ0v) is 15.3. The molecule has 0 aliphatic heterocycles. The van der Waals surface area contributed by atoms with Crippen LogP contribution in [-0.2, 0) is 0 Å². The van der Waals surface area contributed by atoms with Crippen molar-refractivity contribution in [3.63, 3.8) is 0 Å². The fourth-order valence-electron chi connectivity index (χ4n) is 5.45. The van der Waals surface area contributed by atoms with Crippen LogP contribution in [0.2, 0.25) is 5.02 Å². The van der Waals surface area contributed by atoms with Crippen LogP contribution in [0.5, 0.6) is 11.5 Å². The monoisotopic (exact) mass is 366 g/mol. The average molecular weight is 367 g/mol. The predicted molar refractivity (Wildman–Crippen MR) is 99.1 cm³/mol. The maximum atomic E-state index is 13.2. The highest BCUT2D eigenvalue weighted by molar-refractivity contribution is 6.30.